The molecule has 0 spiro atoms. The van der Waals surface area contributed by atoms with Crippen molar-refractivity contribution in [3.8, 4) is 0 Å². The number of rotatable bonds is 2. The molecule has 0 aliphatic carbocycles. The fourth-order valence-electron chi connectivity index (χ4n) is 3.36. The second-order valence-corrected chi connectivity index (χ2v) is 7.57. The van der Waals surface area contributed by atoms with Gasteiger partial charge in [0.05, 0.1) is 6.33 Å². The van der Waals surface area contributed by atoms with E-state index in [1.54, 1.807) is 11.4 Å². The highest BCUT2D eigenvalue weighted by atomic mass is 32.2. The average Bonchev–Trinajstić information content (AvgIpc) is 2.94. The number of nitrogens with two attached hydrogens (primary N) is 1. The van der Waals surface area contributed by atoms with Crippen LogP contribution < -0.4 is 5.73 Å². The topological polar surface area (TPSA) is 84.5 Å². The number of aromatic nitrogens is 2. The molecule has 2 fully saturated rings. The third-order valence-corrected chi connectivity index (χ3v) is 6.45. The van der Waals surface area contributed by atoms with E-state index in [1.807, 2.05) is 6.92 Å². The molecule has 2 saturated heterocycles. The Balaban J connectivity index is 1.95. The molecule has 1 aromatic rings. The Hall–Kier alpha value is -1.12. The molecule has 2 aliphatic heterocycles. The molecule has 2 unspecified atom stereocenters. The van der Waals surface area contributed by atoms with Crippen LogP contribution >= 0.6 is 0 Å². The summed E-state index contributed by atoms with van der Waals surface area (Å²) in [6.45, 7) is 4.38. The quantitative estimate of drug-likeness (QED) is 0.821. The standard InChI is InChI=1S/C12H21N5O2S/c1-9-6-16-5-3-4-10(16)7-17(9)20(18,19)12-11(13)14-8-15(12)2/h8-10H,3-7,13H2,1-2H3. The van der Waals surface area contributed by atoms with Crippen LogP contribution in [0.25, 0.3) is 0 Å². The number of nitrogens with zero attached hydrogens (tertiary/aromatic N) is 4. The van der Waals surface area contributed by atoms with Crippen molar-refractivity contribution in [2.24, 2.45) is 7.05 Å². The molecule has 112 valence electrons. The van der Waals surface area contributed by atoms with Gasteiger partial charge in [-0.1, -0.05) is 0 Å². The Morgan fingerprint density at radius 1 is 1.40 bits per heavy atom. The molecule has 1 aromatic heterocycles. The summed E-state index contributed by atoms with van der Waals surface area (Å²) in [7, 11) is -1.93. The lowest BCUT2D eigenvalue weighted by Crippen LogP contribution is -2.56. The van der Waals surface area contributed by atoms with Crippen molar-refractivity contribution in [2.45, 2.75) is 36.9 Å². The maximum Gasteiger partial charge on any atom is 0.262 e. The summed E-state index contributed by atoms with van der Waals surface area (Å²) in [6, 6.07) is 0.305. The van der Waals surface area contributed by atoms with Gasteiger partial charge in [-0.2, -0.15) is 4.31 Å². The minimum absolute atomic E-state index is 0.0383. The SMILES string of the molecule is CC1CN2CCCC2CN1S(=O)(=O)c1c(N)ncn1C. The maximum atomic E-state index is 12.9. The van der Waals surface area contributed by atoms with E-state index in [-0.39, 0.29) is 16.9 Å². The lowest BCUT2D eigenvalue weighted by atomic mass is 10.1. The molecular weight excluding hydrogens is 278 g/mol. The Bertz CT molecular complexity index is 592. The smallest absolute Gasteiger partial charge is 0.262 e. The first kappa shape index (κ1) is 13.8. The molecule has 2 atom stereocenters. The minimum Gasteiger partial charge on any atom is -0.381 e. The van der Waals surface area contributed by atoms with Gasteiger partial charge in [0.2, 0.25) is 0 Å². The van der Waals surface area contributed by atoms with Crippen LogP contribution in [0, 0.1) is 0 Å². The monoisotopic (exact) mass is 299 g/mol. The first-order valence-electron chi connectivity index (χ1n) is 6.94. The number of fused-ring (bicyclic) bond motifs is 1. The van der Waals surface area contributed by atoms with Gasteiger partial charge in [0, 0.05) is 32.2 Å². The third kappa shape index (κ3) is 2.02. The summed E-state index contributed by atoms with van der Waals surface area (Å²) >= 11 is 0. The predicted molar refractivity (Wildman–Crippen MR) is 75.6 cm³/mol. The first-order valence-corrected chi connectivity index (χ1v) is 8.38. The predicted octanol–water partition coefficient (Wildman–Crippen LogP) is -0.140. The fraction of sp³-hybridized carbons (Fsp3) is 0.750. The number of sulfonamides is 1. The number of piperazine rings is 1. The molecule has 3 heterocycles. The molecule has 0 aromatic carbocycles. The van der Waals surface area contributed by atoms with E-state index in [2.05, 4.69) is 9.88 Å². The highest BCUT2D eigenvalue weighted by molar-refractivity contribution is 7.89. The van der Waals surface area contributed by atoms with E-state index >= 15 is 0 Å². The van der Waals surface area contributed by atoms with Gasteiger partial charge in [-0.05, 0) is 26.3 Å². The second kappa shape index (κ2) is 4.71. The molecule has 0 saturated carbocycles. The summed E-state index contributed by atoms with van der Waals surface area (Å²) in [6.07, 6.45) is 3.66. The third-order valence-electron chi connectivity index (χ3n) is 4.34. The molecule has 0 radical (unpaired) electrons. The zero-order chi connectivity index (χ0) is 14.5. The van der Waals surface area contributed by atoms with Gasteiger partial charge in [-0.3, -0.25) is 4.90 Å². The zero-order valence-corrected chi connectivity index (χ0v) is 12.7. The highest BCUT2D eigenvalue weighted by Crippen LogP contribution is 2.30. The van der Waals surface area contributed by atoms with E-state index in [1.165, 1.54) is 10.9 Å². The van der Waals surface area contributed by atoms with Gasteiger partial charge in [-0.25, -0.2) is 13.4 Å². The van der Waals surface area contributed by atoms with Gasteiger partial charge in [0.25, 0.3) is 10.0 Å². The van der Waals surface area contributed by atoms with E-state index in [0.717, 1.165) is 25.9 Å². The zero-order valence-electron chi connectivity index (χ0n) is 11.9. The highest BCUT2D eigenvalue weighted by Gasteiger charge is 2.41. The number of anilines is 1. The largest absolute Gasteiger partial charge is 0.381 e. The van der Waals surface area contributed by atoms with Crippen LogP contribution in [0.2, 0.25) is 0 Å². The second-order valence-electron chi connectivity index (χ2n) is 5.76. The lowest BCUT2D eigenvalue weighted by Gasteiger charge is -2.41. The Morgan fingerprint density at radius 3 is 2.80 bits per heavy atom. The van der Waals surface area contributed by atoms with Gasteiger partial charge < -0.3 is 10.3 Å². The summed E-state index contributed by atoms with van der Waals surface area (Å²) in [4.78, 5) is 6.29. The molecule has 2 N–H and O–H groups in total. The molecule has 0 bridgehead atoms. The van der Waals surface area contributed by atoms with Crippen molar-refractivity contribution < 1.29 is 8.42 Å². The van der Waals surface area contributed by atoms with Crippen molar-refractivity contribution in [3.05, 3.63) is 6.33 Å². The molecule has 2 aliphatic rings. The molecule has 7 nitrogen and oxygen atoms in total. The molecule has 20 heavy (non-hydrogen) atoms. The number of nitrogen functional groups attached to an aromatic ring is 1. The van der Waals surface area contributed by atoms with Crippen molar-refractivity contribution >= 4 is 15.8 Å². The first-order chi connectivity index (χ1) is 9.41. The van der Waals surface area contributed by atoms with Crippen LogP contribution in [-0.2, 0) is 17.1 Å². The van der Waals surface area contributed by atoms with Crippen LogP contribution in [0.15, 0.2) is 11.4 Å². The average molecular weight is 299 g/mol. The van der Waals surface area contributed by atoms with E-state index in [9.17, 15) is 8.42 Å². The Kier molecular flexibility index (Phi) is 3.26. The fourth-order valence-corrected chi connectivity index (χ4v) is 5.22. The van der Waals surface area contributed by atoms with Gasteiger partial charge in [0.15, 0.2) is 10.8 Å². The summed E-state index contributed by atoms with van der Waals surface area (Å²) in [5.74, 6) is 0.0774. The number of imidazole rings is 1. The van der Waals surface area contributed by atoms with Crippen molar-refractivity contribution in [2.75, 3.05) is 25.4 Å². The van der Waals surface area contributed by atoms with Gasteiger partial charge in [-0.15, -0.1) is 0 Å². The number of hydrogen-bond donors (Lipinski definition) is 1. The number of aryl methyl sites for hydroxylation is 1. The normalized spacial score (nSPS) is 28.7. The van der Waals surface area contributed by atoms with Gasteiger partial charge >= 0.3 is 0 Å². The van der Waals surface area contributed by atoms with Crippen LogP contribution in [0.1, 0.15) is 19.8 Å². The van der Waals surface area contributed by atoms with Crippen molar-refractivity contribution in [1.29, 1.82) is 0 Å². The summed E-state index contributed by atoms with van der Waals surface area (Å²) < 4.78 is 28.8. The van der Waals surface area contributed by atoms with Crippen molar-refractivity contribution in [3.63, 3.8) is 0 Å². The molecule has 8 heteroatoms. The van der Waals surface area contributed by atoms with E-state index < -0.39 is 10.0 Å². The molecule has 0 amide bonds. The number of hydrogen-bond acceptors (Lipinski definition) is 5. The Morgan fingerprint density at radius 2 is 2.15 bits per heavy atom. The van der Waals surface area contributed by atoms with E-state index in [4.69, 9.17) is 5.73 Å². The lowest BCUT2D eigenvalue weighted by molar-refractivity contribution is 0.117. The van der Waals surface area contributed by atoms with Crippen LogP contribution in [0.3, 0.4) is 0 Å². The Labute approximate surface area is 119 Å². The van der Waals surface area contributed by atoms with Crippen LogP contribution in [0.4, 0.5) is 5.82 Å². The summed E-state index contributed by atoms with van der Waals surface area (Å²) in [5.41, 5.74) is 5.74. The minimum atomic E-state index is -3.59. The molecular formula is C12H21N5O2S. The molecule has 3 rings (SSSR count). The maximum absolute atomic E-state index is 12.9. The van der Waals surface area contributed by atoms with Gasteiger partial charge in [0.1, 0.15) is 0 Å². The van der Waals surface area contributed by atoms with Crippen LogP contribution in [0.5, 0.6) is 0 Å². The van der Waals surface area contributed by atoms with Crippen LogP contribution in [-0.4, -0.2) is 58.9 Å². The summed E-state index contributed by atoms with van der Waals surface area (Å²) in [5, 5.41) is 0.107. The van der Waals surface area contributed by atoms with Crippen molar-refractivity contribution in [1.82, 2.24) is 18.8 Å². The van der Waals surface area contributed by atoms with E-state index in [0.29, 0.717) is 12.6 Å².